The highest BCUT2D eigenvalue weighted by molar-refractivity contribution is 5.57. The SMILES string of the molecule is COc1ccc(Nc2cnc(N)cn2)cc1F. The number of hydrogen-bond donors (Lipinski definition) is 2. The van der Waals surface area contributed by atoms with Crippen molar-refractivity contribution in [3.8, 4) is 5.75 Å². The van der Waals surface area contributed by atoms with Crippen molar-refractivity contribution in [1.29, 1.82) is 0 Å². The van der Waals surface area contributed by atoms with E-state index in [-0.39, 0.29) is 5.75 Å². The molecule has 0 radical (unpaired) electrons. The number of nitrogens with two attached hydrogens (primary N) is 1. The second-order valence-corrected chi connectivity index (χ2v) is 3.30. The minimum atomic E-state index is -0.444. The third-order valence-corrected chi connectivity index (χ3v) is 2.10. The van der Waals surface area contributed by atoms with Crippen LogP contribution in [0.2, 0.25) is 0 Å². The summed E-state index contributed by atoms with van der Waals surface area (Å²) >= 11 is 0. The molecule has 0 spiro atoms. The van der Waals surface area contributed by atoms with Crippen LogP contribution in [0.1, 0.15) is 0 Å². The summed E-state index contributed by atoms with van der Waals surface area (Å²) < 4.78 is 18.2. The summed E-state index contributed by atoms with van der Waals surface area (Å²) in [7, 11) is 1.41. The van der Waals surface area contributed by atoms with Crippen LogP contribution in [0.3, 0.4) is 0 Å². The first-order valence-corrected chi connectivity index (χ1v) is 4.87. The maximum Gasteiger partial charge on any atom is 0.167 e. The second-order valence-electron chi connectivity index (χ2n) is 3.30. The first kappa shape index (κ1) is 11.1. The lowest BCUT2D eigenvalue weighted by Gasteiger charge is -2.07. The van der Waals surface area contributed by atoms with Gasteiger partial charge < -0.3 is 15.8 Å². The Bertz CT molecular complexity index is 515. The first-order valence-electron chi connectivity index (χ1n) is 4.87. The number of halogens is 1. The van der Waals surface area contributed by atoms with E-state index in [0.29, 0.717) is 17.3 Å². The Labute approximate surface area is 97.5 Å². The molecule has 0 aliphatic rings. The number of anilines is 3. The van der Waals surface area contributed by atoms with Crippen molar-refractivity contribution in [3.05, 3.63) is 36.4 Å². The Hall–Kier alpha value is -2.37. The van der Waals surface area contributed by atoms with Crippen LogP contribution in [0.25, 0.3) is 0 Å². The molecule has 5 nitrogen and oxygen atoms in total. The number of nitrogens with one attached hydrogen (secondary N) is 1. The minimum absolute atomic E-state index is 0.193. The van der Waals surface area contributed by atoms with E-state index in [4.69, 9.17) is 10.5 Å². The molecule has 0 saturated carbocycles. The van der Waals surface area contributed by atoms with Crippen molar-refractivity contribution >= 4 is 17.3 Å². The fourth-order valence-corrected chi connectivity index (χ4v) is 1.29. The zero-order chi connectivity index (χ0) is 12.3. The highest BCUT2D eigenvalue weighted by Crippen LogP contribution is 2.22. The van der Waals surface area contributed by atoms with Crippen LogP contribution >= 0.6 is 0 Å². The quantitative estimate of drug-likeness (QED) is 0.849. The Balaban J connectivity index is 2.19. The lowest BCUT2D eigenvalue weighted by molar-refractivity contribution is 0.386. The summed E-state index contributed by atoms with van der Waals surface area (Å²) in [4.78, 5) is 7.86. The Morgan fingerprint density at radius 2 is 2.12 bits per heavy atom. The monoisotopic (exact) mass is 234 g/mol. The molecule has 1 aromatic carbocycles. The highest BCUT2D eigenvalue weighted by Gasteiger charge is 2.04. The van der Waals surface area contributed by atoms with E-state index in [9.17, 15) is 4.39 Å². The Morgan fingerprint density at radius 1 is 1.29 bits per heavy atom. The van der Waals surface area contributed by atoms with Crippen molar-refractivity contribution < 1.29 is 9.13 Å². The van der Waals surface area contributed by atoms with Gasteiger partial charge in [-0.2, -0.15) is 0 Å². The molecule has 0 unspecified atom stereocenters. The number of methoxy groups -OCH3 is 1. The summed E-state index contributed by atoms with van der Waals surface area (Å²) in [5.41, 5.74) is 5.96. The van der Waals surface area contributed by atoms with Gasteiger partial charge in [0.05, 0.1) is 19.5 Å². The smallest absolute Gasteiger partial charge is 0.167 e. The van der Waals surface area contributed by atoms with Gasteiger partial charge in [-0.25, -0.2) is 14.4 Å². The van der Waals surface area contributed by atoms with Gasteiger partial charge in [0.2, 0.25) is 0 Å². The largest absolute Gasteiger partial charge is 0.494 e. The van der Waals surface area contributed by atoms with Crippen molar-refractivity contribution in [2.45, 2.75) is 0 Å². The van der Waals surface area contributed by atoms with Crippen LogP contribution in [-0.4, -0.2) is 17.1 Å². The molecule has 0 aliphatic heterocycles. The third-order valence-electron chi connectivity index (χ3n) is 2.10. The van der Waals surface area contributed by atoms with E-state index in [2.05, 4.69) is 15.3 Å². The predicted octanol–water partition coefficient (Wildman–Crippen LogP) is 1.95. The van der Waals surface area contributed by atoms with Gasteiger partial charge in [0.1, 0.15) is 11.6 Å². The van der Waals surface area contributed by atoms with E-state index >= 15 is 0 Å². The van der Waals surface area contributed by atoms with Gasteiger partial charge >= 0.3 is 0 Å². The van der Waals surface area contributed by atoms with Gasteiger partial charge in [0.15, 0.2) is 11.6 Å². The lowest BCUT2D eigenvalue weighted by atomic mass is 10.3. The Morgan fingerprint density at radius 3 is 2.71 bits per heavy atom. The molecule has 2 rings (SSSR count). The molecule has 0 atom stereocenters. The normalized spacial score (nSPS) is 10.0. The van der Waals surface area contributed by atoms with Gasteiger partial charge in [0.25, 0.3) is 0 Å². The lowest BCUT2D eigenvalue weighted by Crippen LogP contribution is -1.98. The zero-order valence-corrected chi connectivity index (χ0v) is 9.14. The van der Waals surface area contributed by atoms with Crippen molar-refractivity contribution in [2.75, 3.05) is 18.2 Å². The summed E-state index contributed by atoms with van der Waals surface area (Å²) in [5.74, 6) is 0.570. The van der Waals surface area contributed by atoms with E-state index in [1.807, 2.05) is 0 Å². The van der Waals surface area contributed by atoms with Crippen LogP contribution in [0.15, 0.2) is 30.6 Å². The van der Waals surface area contributed by atoms with Crippen LogP contribution < -0.4 is 15.8 Å². The van der Waals surface area contributed by atoms with Crippen molar-refractivity contribution in [1.82, 2.24) is 9.97 Å². The standard InChI is InChI=1S/C11H11FN4O/c1-17-9-3-2-7(4-8(9)12)16-11-6-14-10(13)5-15-11/h2-6H,1H3,(H2,13,14)(H,15,16). The molecule has 0 fully saturated rings. The summed E-state index contributed by atoms with van der Waals surface area (Å²) in [6.45, 7) is 0. The highest BCUT2D eigenvalue weighted by atomic mass is 19.1. The number of rotatable bonds is 3. The molecule has 3 N–H and O–H groups in total. The van der Waals surface area contributed by atoms with Crippen LogP contribution in [0, 0.1) is 5.82 Å². The number of hydrogen-bond acceptors (Lipinski definition) is 5. The van der Waals surface area contributed by atoms with E-state index in [1.165, 1.54) is 31.6 Å². The molecule has 2 aromatic rings. The Kier molecular flexibility index (Phi) is 3.04. The van der Waals surface area contributed by atoms with Crippen molar-refractivity contribution in [2.24, 2.45) is 0 Å². The van der Waals surface area contributed by atoms with Gasteiger partial charge in [-0.15, -0.1) is 0 Å². The summed E-state index contributed by atoms with van der Waals surface area (Å²) in [5, 5.41) is 2.90. The summed E-state index contributed by atoms with van der Waals surface area (Å²) in [6, 6.07) is 4.53. The number of nitrogens with zero attached hydrogens (tertiary/aromatic N) is 2. The van der Waals surface area contributed by atoms with E-state index in [1.54, 1.807) is 6.07 Å². The number of nitrogen functional groups attached to an aromatic ring is 1. The number of ether oxygens (including phenoxy) is 1. The molecular weight excluding hydrogens is 223 g/mol. The van der Waals surface area contributed by atoms with Gasteiger partial charge in [-0.1, -0.05) is 0 Å². The topological polar surface area (TPSA) is 73.1 Å². The molecule has 88 valence electrons. The fourth-order valence-electron chi connectivity index (χ4n) is 1.29. The van der Waals surface area contributed by atoms with Crippen LogP contribution in [-0.2, 0) is 0 Å². The molecule has 1 heterocycles. The maximum absolute atomic E-state index is 13.4. The molecule has 6 heteroatoms. The third kappa shape index (κ3) is 2.60. The molecule has 0 amide bonds. The van der Waals surface area contributed by atoms with E-state index < -0.39 is 5.82 Å². The maximum atomic E-state index is 13.4. The van der Waals surface area contributed by atoms with Gasteiger partial charge in [0, 0.05) is 11.8 Å². The number of benzene rings is 1. The van der Waals surface area contributed by atoms with E-state index in [0.717, 1.165) is 0 Å². The molecule has 0 aliphatic carbocycles. The predicted molar refractivity (Wildman–Crippen MR) is 62.7 cm³/mol. The molecule has 17 heavy (non-hydrogen) atoms. The van der Waals surface area contributed by atoms with Crippen LogP contribution in [0.5, 0.6) is 5.75 Å². The first-order chi connectivity index (χ1) is 8.19. The van der Waals surface area contributed by atoms with Crippen molar-refractivity contribution in [3.63, 3.8) is 0 Å². The fraction of sp³-hybridized carbons (Fsp3) is 0.0909. The minimum Gasteiger partial charge on any atom is -0.494 e. The average Bonchev–Trinajstić information content (AvgIpc) is 2.32. The zero-order valence-electron chi connectivity index (χ0n) is 9.14. The molecule has 0 bridgehead atoms. The number of aromatic nitrogens is 2. The molecule has 1 aromatic heterocycles. The van der Waals surface area contributed by atoms with Gasteiger partial charge in [-0.3, -0.25) is 0 Å². The summed E-state index contributed by atoms with van der Waals surface area (Å²) in [6.07, 6.45) is 2.89. The van der Waals surface area contributed by atoms with Crippen LogP contribution in [0.4, 0.5) is 21.7 Å². The average molecular weight is 234 g/mol. The van der Waals surface area contributed by atoms with Gasteiger partial charge in [-0.05, 0) is 12.1 Å². The molecular formula is C11H11FN4O. The second kappa shape index (κ2) is 4.65. The molecule has 0 saturated heterocycles.